The second-order valence-corrected chi connectivity index (χ2v) is 10.2. The van der Waals surface area contributed by atoms with Crippen LogP contribution in [0.1, 0.15) is 56.5 Å². The smallest absolute Gasteiger partial charge is 0.411 e. The van der Waals surface area contributed by atoms with Crippen LogP contribution in [-0.4, -0.2) is 53.2 Å². The monoisotopic (exact) mass is 563 g/mol. The van der Waals surface area contributed by atoms with Crippen molar-refractivity contribution in [3.05, 3.63) is 82.1 Å². The average molecular weight is 564 g/mol. The maximum atomic E-state index is 12.5. The van der Waals surface area contributed by atoms with Crippen molar-refractivity contribution in [3.63, 3.8) is 0 Å². The zero-order chi connectivity index (χ0) is 29.8. The number of alkyl carbamates (subject to hydrolysis) is 1. The first-order chi connectivity index (χ1) is 19.5. The number of ether oxygens (including phenoxy) is 2. The molecule has 0 saturated carbocycles. The molecule has 3 rings (SSSR count). The van der Waals surface area contributed by atoms with Gasteiger partial charge in [-0.1, -0.05) is 24.3 Å². The summed E-state index contributed by atoms with van der Waals surface area (Å²) in [4.78, 5) is 48.4. The Labute approximate surface area is 239 Å². The van der Waals surface area contributed by atoms with Gasteiger partial charge in [0.05, 0.1) is 18.8 Å². The Kier molecular flexibility index (Phi) is 11.0. The summed E-state index contributed by atoms with van der Waals surface area (Å²) >= 11 is 0. The van der Waals surface area contributed by atoms with Gasteiger partial charge in [-0.15, -0.1) is 0 Å². The Morgan fingerprint density at radius 3 is 2.29 bits per heavy atom. The minimum atomic E-state index is -0.549. The molecule has 0 fully saturated rings. The van der Waals surface area contributed by atoms with Crippen LogP contribution in [0.5, 0.6) is 0 Å². The first kappa shape index (κ1) is 30.9. The molecule has 1 aromatic heterocycles. The molecule has 218 valence electrons. The lowest BCUT2D eigenvalue weighted by atomic mass is 10.1. The van der Waals surface area contributed by atoms with Crippen LogP contribution in [-0.2, 0) is 16.0 Å². The summed E-state index contributed by atoms with van der Waals surface area (Å²) < 4.78 is 11.4. The third-order valence-electron chi connectivity index (χ3n) is 5.65. The Bertz CT molecular complexity index is 1400. The van der Waals surface area contributed by atoms with Gasteiger partial charge < -0.3 is 20.1 Å². The van der Waals surface area contributed by atoms with Crippen molar-refractivity contribution in [2.75, 3.05) is 25.0 Å². The number of aromatic nitrogens is 2. The van der Waals surface area contributed by atoms with Gasteiger partial charge in [0.15, 0.2) is 0 Å². The molecular formula is C30H37N5O6. The molecule has 2 aromatic carbocycles. The minimum absolute atomic E-state index is 0.203. The van der Waals surface area contributed by atoms with Crippen molar-refractivity contribution >= 4 is 23.8 Å². The van der Waals surface area contributed by atoms with Crippen LogP contribution in [0.2, 0.25) is 0 Å². The van der Waals surface area contributed by atoms with Gasteiger partial charge in [0.1, 0.15) is 5.60 Å². The zero-order valence-corrected chi connectivity index (χ0v) is 23.9. The van der Waals surface area contributed by atoms with Gasteiger partial charge in [0.2, 0.25) is 0 Å². The third-order valence-corrected chi connectivity index (χ3v) is 5.65. The second-order valence-electron chi connectivity index (χ2n) is 10.2. The van der Waals surface area contributed by atoms with Crippen LogP contribution >= 0.6 is 0 Å². The molecule has 0 aliphatic heterocycles. The molecule has 3 N–H and O–H groups in total. The Morgan fingerprint density at radius 2 is 1.61 bits per heavy atom. The summed E-state index contributed by atoms with van der Waals surface area (Å²) in [5, 5.41) is 12.7. The van der Waals surface area contributed by atoms with Crippen LogP contribution in [0.25, 0.3) is 11.3 Å². The lowest BCUT2D eigenvalue weighted by Crippen LogP contribution is -2.33. The minimum Gasteiger partial charge on any atom is -0.450 e. The highest BCUT2D eigenvalue weighted by Crippen LogP contribution is 2.17. The maximum Gasteiger partial charge on any atom is 0.411 e. The molecule has 11 heteroatoms. The van der Waals surface area contributed by atoms with E-state index in [0.29, 0.717) is 42.9 Å². The lowest BCUT2D eigenvalue weighted by molar-refractivity contribution is 0.0526. The molecule has 0 radical (unpaired) electrons. The van der Waals surface area contributed by atoms with Gasteiger partial charge in [-0.3, -0.25) is 14.9 Å². The Morgan fingerprint density at radius 1 is 0.902 bits per heavy atom. The van der Waals surface area contributed by atoms with Crippen molar-refractivity contribution in [2.24, 2.45) is 0 Å². The van der Waals surface area contributed by atoms with E-state index in [4.69, 9.17) is 9.47 Å². The van der Waals surface area contributed by atoms with Crippen molar-refractivity contribution in [2.45, 2.75) is 52.7 Å². The average Bonchev–Trinajstić information content (AvgIpc) is 2.91. The molecule has 0 atom stereocenters. The van der Waals surface area contributed by atoms with Gasteiger partial charge >= 0.3 is 12.2 Å². The van der Waals surface area contributed by atoms with Crippen molar-refractivity contribution < 1.29 is 23.9 Å². The molecule has 0 saturated heterocycles. The maximum absolute atomic E-state index is 12.5. The number of amides is 3. The van der Waals surface area contributed by atoms with Gasteiger partial charge in [-0.25, -0.2) is 14.3 Å². The number of rotatable bonds is 11. The molecule has 0 aliphatic carbocycles. The molecule has 3 aromatic rings. The quantitative estimate of drug-likeness (QED) is 0.291. The largest absolute Gasteiger partial charge is 0.450 e. The zero-order valence-electron chi connectivity index (χ0n) is 23.9. The molecular weight excluding hydrogens is 526 g/mol. The molecule has 3 amide bonds. The Hall–Kier alpha value is -4.67. The molecule has 41 heavy (non-hydrogen) atoms. The summed E-state index contributed by atoms with van der Waals surface area (Å²) in [6.45, 7) is 8.55. The highest BCUT2D eigenvalue weighted by Gasteiger charge is 2.15. The predicted molar refractivity (Wildman–Crippen MR) is 156 cm³/mol. The highest BCUT2D eigenvalue weighted by molar-refractivity contribution is 5.94. The van der Waals surface area contributed by atoms with E-state index in [1.807, 2.05) is 6.07 Å². The summed E-state index contributed by atoms with van der Waals surface area (Å²) in [6.07, 6.45) is 0.398. The van der Waals surface area contributed by atoms with Crippen LogP contribution in [0.4, 0.5) is 15.3 Å². The van der Waals surface area contributed by atoms with E-state index < -0.39 is 17.8 Å². The number of benzene rings is 2. The van der Waals surface area contributed by atoms with E-state index in [9.17, 15) is 19.2 Å². The van der Waals surface area contributed by atoms with E-state index in [0.717, 1.165) is 11.1 Å². The van der Waals surface area contributed by atoms with E-state index in [1.165, 1.54) is 10.7 Å². The molecule has 0 aliphatic rings. The molecule has 0 unspecified atom stereocenters. The van der Waals surface area contributed by atoms with Crippen LogP contribution < -0.4 is 21.5 Å². The van der Waals surface area contributed by atoms with Crippen LogP contribution in [0.15, 0.2) is 65.5 Å². The SMILES string of the molecule is CCOC(=O)Nc1cccc(Cn2nc(-c3ccc(C(=O)NCCCCNC(=O)OC(C)(C)C)cc3)ccc2=O)c1. The van der Waals surface area contributed by atoms with Gasteiger partial charge in [0.25, 0.3) is 11.5 Å². The molecule has 11 nitrogen and oxygen atoms in total. The number of hydrogen-bond acceptors (Lipinski definition) is 7. The molecule has 0 bridgehead atoms. The number of nitrogens with one attached hydrogen (secondary N) is 3. The van der Waals surface area contributed by atoms with Gasteiger partial charge in [-0.2, -0.15) is 5.10 Å². The predicted octanol–water partition coefficient (Wildman–Crippen LogP) is 4.56. The van der Waals surface area contributed by atoms with E-state index >= 15 is 0 Å². The summed E-state index contributed by atoms with van der Waals surface area (Å²) in [6, 6.07) is 17.1. The number of carbonyl (C=O) groups excluding carboxylic acids is 3. The first-order valence-corrected chi connectivity index (χ1v) is 13.5. The van der Waals surface area contributed by atoms with E-state index in [1.54, 1.807) is 76.2 Å². The van der Waals surface area contributed by atoms with Crippen molar-refractivity contribution in [1.29, 1.82) is 0 Å². The number of nitrogens with zero attached hydrogens (tertiary/aromatic N) is 2. The highest BCUT2D eigenvalue weighted by atomic mass is 16.6. The van der Waals surface area contributed by atoms with Gasteiger partial charge in [0, 0.05) is 36.0 Å². The Balaban J connectivity index is 1.53. The molecule has 1 heterocycles. The van der Waals surface area contributed by atoms with Crippen molar-refractivity contribution in [1.82, 2.24) is 20.4 Å². The fourth-order valence-corrected chi connectivity index (χ4v) is 3.77. The fourth-order valence-electron chi connectivity index (χ4n) is 3.77. The lowest BCUT2D eigenvalue weighted by Gasteiger charge is -2.19. The first-order valence-electron chi connectivity index (χ1n) is 13.5. The second kappa shape index (κ2) is 14.6. The number of anilines is 1. The fraction of sp³-hybridized carbons (Fsp3) is 0.367. The normalized spacial score (nSPS) is 10.9. The summed E-state index contributed by atoms with van der Waals surface area (Å²) in [5.41, 5.74) is 2.35. The van der Waals surface area contributed by atoms with Crippen LogP contribution in [0.3, 0.4) is 0 Å². The standard InChI is InChI=1S/C30H37N5O6/c1-5-40-29(39)33-24-10-8-9-21(19-24)20-35-26(36)16-15-25(34-35)22-11-13-23(14-12-22)27(37)31-17-6-7-18-32-28(38)41-30(2,3)4/h8-16,19H,5-7,17-18,20H2,1-4H3,(H,31,37)(H,32,38)(H,33,39). The third kappa shape index (κ3) is 10.4. The van der Waals surface area contributed by atoms with Crippen LogP contribution in [0, 0.1) is 0 Å². The summed E-state index contributed by atoms with van der Waals surface area (Å²) in [7, 11) is 0. The van der Waals surface area contributed by atoms with E-state index in [2.05, 4.69) is 21.0 Å². The topological polar surface area (TPSA) is 141 Å². The number of hydrogen-bond donors (Lipinski definition) is 3. The van der Waals surface area contributed by atoms with Gasteiger partial charge in [-0.05, 0) is 76.4 Å². The van der Waals surface area contributed by atoms with E-state index in [-0.39, 0.29) is 24.6 Å². The molecule has 0 spiro atoms. The van der Waals surface area contributed by atoms with Crippen molar-refractivity contribution in [3.8, 4) is 11.3 Å². The number of carbonyl (C=O) groups is 3. The summed E-state index contributed by atoms with van der Waals surface area (Å²) in [5.74, 6) is -0.203. The number of unbranched alkanes of at least 4 members (excludes halogenated alkanes) is 1.